The average molecular weight is 310 g/mol. The molecule has 1 heterocycles. The lowest BCUT2D eigenvalue weighted by molar-refractivity contribution is 0.101. The molecule has 122 valence electrons. The molecule has 1 aromatic carbocycles. The summed E-state index contributed by atoms with van der Waals surface area (Å²) >= 11 is 0. The molecule has 2 bridgehead atoms. The van der Waals surface area contributed by atoms with E-state index in [1.54, 1.807) is 6.92 Å². The molecule has 23 heavy (non-hydrogen) atoms. The van der Waals surface area contributed by atoms with E-state index in [9.17, 15) is 4.79 Å². The average Bonchev–Trinajstić information content (AvgIpc) is 3.18. The monoisotopic (exact) mass is 310 g/mol. The third-order valence-electron chi connectivity index (χ3n) is 5.92. The van der Waals surface area contributed by atoms with Crippen LogP contribution < -0.4 is 4.90 Å². The molecule has 2 fully saturated rings. The lowest BCUT2D eigenvalue weighted by Gasteiger charge is -2.38. The zero-order valence-electron chi connectivity index (χ0n) is 13.9. The number of nitrogens with zero attached hydrogens (tertiary/aromatic N) is 2. The fraction of sp³-hybridized carbons (Fsp3) is 0.550. The number of hydrogen-bond donors (Lipinski definition) is 0. The van der Waals surface area contributed by atoms with E-state index < -0.39 is 0 Å². The van der Waals surface area contributed by atoms with Crippen LogP contribution in [0.5, 0.6) is 0 Å². The SMILES string of the molecule is CC(=O)c1ccc(N2CCN(C[C@@H]3C[C@H]4C=C[C@H]3C4)CC2)cc1. The fourth-order valence-electron chi connectivity index (χ4n) is 4.53. The molecule has 0 spiro atoms. The second-order valence-electron chi connectivity index (χ2n) is 7.43. The molecule has 4 rings (SSSR count). The first kappa shape index (κ1) is 14.9. The number of ketones is 1. The maximum Gasteiger partial charge on any atom is 0.159 e. The van der Waals surface area contributed by atoms with Crippen LogP contribution in [0.1, 0.15) is 30.1 Å². The first-order chi connectivity index (χ1) is 11.2. The molecule has 3 aliphatic rings. The number of rotatable bonds is 4. The highest BCUT2D eigenvalue weighted by atomic mass is 16.1. The van der Waals surface area contributed by atoms with Gasteiger partial charge in [-0.1, -0.05) is 12.2 Å². The van der Waals surface area contributed by atoms with Crippen LogP contribution >= 0.6 is 0 Å². The van der Waals surface area contributed by atoms with E-state index in [2.05, 4.69) is 34.1 Å². The molecule has 3 nitrogen and oxygen atoms in total. The summed E-state index contributed by atoms with van der Waals surface area (Å²) in [6.45, 7) is 7.41. The van der Waals surface area contributed by atoms with Crippen LogP contribution in [0, 0.1) is 17.8 Å². The third kappa shape index (κ3) is 3.07. The van der Waals surface area contributed by atoms with Crippen LogP contribution in [0.4, 0.5) is 5.69 Å². The van der Waals surface area contributed by atoms with Gasteiger partial charge in [-0.25, -0.2) is 0 Å². The molecular weight excluding hydrogens is 284 g/mol. The maximum absolute atomic E-state index is 11.4. The minimum absolute atomic E-state index is 0.140. The molecule has 1 saturated carbocycles. The highest BCUT2D eigenvalue weighted by molar-refractivity contribution is 5.94. The van der Waals surface area contributed by atoms with Crippen molar-refractivity contribution < 1.29 is 4.79 Å². The summed E-state index contributed by atoms with van der Waals surface area (Å²) in [4.78, 5) is 16.5. The van der Waals surface area contributed by atoms with E-state index in [1.165, 1.54) is 25.1 Å². The van der Waals surface area contributed by atoms with Crippen LogP contribution in [0.3, 0.4) is 0 Å². The Morgan fingerprint density at radius 3 is 2.35 bits per heavy atom. The third-order valence-corrected chi connectivity index (χ3v) is 5.92. The number of carbonyl (C=O) groups excluding carboxylic acids is 1. The number of hydrogen-bond acceptors (Lipinski definition) is 3. The summed E-state index contributed by atoms with van der Waals surface area (Å²) in [5.74, 6) is 2.77. The largest absolute Gasteiger partial charge is 0.369 e. The van der Waals surface area contributed by atoms with Gasteiger partial charge in [0.05, 0.1) is 0 Å². The van der Waals surface area contributed by atoms with Gasteiger partial charge < -0.3 is 4.90 Å². The summed E-state index contributed by atoms with van der Waals surface area (Å²) in [5, 5.41) is 0. The highest BCUT2D eigenvalue weighted by Crippen LogP contribution is 2.43. The van der Waals surface area contributed by atoms with Crippen molar-refractivity contribution in [1.29, 1.82) is 0 Å². The van der Waals surface area contributed by atoms with Gasteiger partial charge in [0.2, 0.25) is 0 Å². The number of anilines is 1. The van der Waals surface area contributed by atoms with E-state index >= 15 is 0 Å². The van der Waals surface area contributed by atoms with Crippen LogP contribution in [0.2, 0.25) is 0 Å². The Bertz CT molecular complexity index is 599. The van der Waals surface area contributed by atoms with Crippen molar-refractivity contribution in [2.24, 2.45) is 17.8 Å². The summed E-state index contributed by atoms with van der Waals surface area (Å²) in [5.41, 5.74) is 2.05. The maximum atomic E-state index is 11.4. The number of fused-ring (bicyclic) bond motifs is 2. The van der Waals surface area contributed by atoms with Crippen molar-refractivity contribution in [2.75, 3.05) is 37.6 Å². The first-order valence-electron chi connectivity index (χ1n) is 8.95. The van der Waals surface area contributed by atoms with Crippen LogP contribution in [-0.2, 0) is 0 Å². The number of Topliss-reactive ketones (excluding diaryl/α,β-unsaturated/α-hetero) is 1. The Morgan fingerprint density at radius 1 is 1.04 bits per heavy atom. The molecular formula is C20H26N2O. The lowest BCUT2D eigenvalue weighted by atomic mass is 9.93. The van der Waals surface area contributed by atoms with Crippen molar-refractivity contribution in [3.8, 4) is 0 Å². The fourth-order valence-corrected chi connectivity index (χ4v) is 4.53. The zero-order valence-corrected chi connectivity index (χ0v) is 13.9. The van der Waals surface area contributed by atoms with E-state index in [-0.39, 0.29) is 5.78 Å². The molecule has 2 aliphatic carbocycles. The quantitative estimate of drug-likeness (QED) is 0.630. The summed E-state index contributed by atoms with van der Waals surface area (Å²) in [6, 6.07) is 8.08. The number of allylic oxidation sites excluding steroid dienone is 2. The van der Waals surface area contributed by atoms with E-state index in [0.29, 0.717) is 0 Å². The van der Waals surface area contributed by atoms with Crippen LogP contribution in [-0.4, -0.2) is 43.4 Å². The lowest BCUT2D eigenvalue weighted by Crippen LogP contribution is -2.48. The Balaban J connectivity index is 1.30. The number of carbonyl (C=O) groups is 1. The van der Waals surface area contributed by atoms with Crippen molar-refractivity contribution >= 4 is 11.5 Å². The minimum Gasteiger partial charge on any atom is -0.369 e. The van der Waals surface area contributed by atoms with E-state index in [4.69, 9.17) is 0 Å². The first-order valence-corrected chi connectivity index (χ1v) is 8.95. The predicted molar refractivity (Wildman–Crippen MR) is 93.9 cm³/mol. The topological polar surface area (TPSA) is 23.6 Å². The molecule has 3 atom stereocenters. The van der Waals surface area contributed by atoms with Crippen molar-refractivity contribution in [1.82, 2.24) is 4.90 Å². The van der Waals surface area contributed by atoms with Gasteiger partial charge in [0.25, 0.3) is 0 Å². The van der Waals surface area contributed by atoms with Crippen molar-refractivity contribution in [3.05, 3.63) is 42.0 Å². The molecule has 0 N–H and O–H groups in total. The summed E-state index contributed by atoms with van der Waals surface area (Å²) in [6.07, 6.45) is 7.72. The van der Waals surface area contributed by atoms with Gasteiger partial charge >= 0.3 is 0 Å². The minimum atomic E-state index is 0.140. The van der Waals surface area contributed by atoms with Gasteiger partial charge in [-0.15, -0.1) is 0 Å². The van der Waals surface area contributed by atoms with Gasteiger partial charge in [0.15, 0.2) is 5.78 Å². The smallest absolute Gasteiger partial charge is 0.159 e. The molecule has 1 aromatic rings. The van der Waals surface area contributed by atoms with E-state index in [0.717, 1.165) is 49.5 Å². The summed E-state index contributed by atoms with van der Waals surface area (Å²) < 4.78 is 0. The van der Waals surface area contributed by atoms with Crippen molar-refractivity contribution in [3.63, 3.8) is 0 Å². The van der Waals surface area contributed by atoms with Crippen molar-refractivity contribution in [2.45, 2.75) is 19.8 Å². The molecule has 0 aromatic heterocycles. The van der Waals surface area contributed by atoms with Gasteiger partial charge in [-0.3, -0.25) is 9.69 Å². The molecule has 1 saturated heterocycles. The van der Waals surface area contributed by atoms with Gasteiger partial charge in [-0.05, 0) is 61.8 Å². The second kappa shape index (κ2) is 6.12. The molecule has 0 radical (unpaired) electrons. The molecule has 1 aliphatic heterocycles. The van der Waals surface area contributed by atoms with Gasteiger partial charge in [0.1, 0.15) is 0 Å². The van der Waals surface area contributed by atoms with Crippen LogP contribution in [0.25, 0.3) is 0 Å². The second-order valence-corrected chi connectivity index (χ2v) is 7.43. The van der Waals surface area contributed by atoms with Gasteiger partial charge in [0, 0.05) is 44.0 Å². The molecule has 0 amide bonds. The van der Waals surface area contributed by atoms with Gasteiger partial charge in [-0.2, -0.15) is 0 Å². The Kier molecular flexibility index (Phi) is 3.98. The Labute approximate surface area is 139 Å². The zero-order chi connectivity index (χ0) is 15.8. The summed E-state index contributed by atoms with van der Waals surface area (Å²) in [7, 11) is 0. The molecule has 0 unspecified atom stereocenters. The Morgan fingerprint density at radius 2 is 1.78 bits per heavy atom. The predicted octanol–water partition coefficient (Wildman–Crippen LogP) is 3.22. The van der Waals surface area contributed by atoms with E-state index in [1.807, 2.05) is 12.1 Å². The standard InChI is InChI=1S/C20H26N2O/c1-15(23)17-4-6-20(7-5-17)22-10-8-21(9-11-22)14-19-13-16-2-3-18(19)12-16/h2-7,16,18-19H,8-14H2,1H3/t16-,18-,19-/m0/s1. The number of benzene rings is 1. The Hall–Kier alpha value is -1.61. The van der Waals surface area contributed by atoms with Crippen LogP contribution in [0.15, 0.2) is 36.4 Å². The normalized spacial score (nSPS) is 30.1. The molecule has 3 heteroatoms. The highest BCUT2D eigenvalue weighted by Gasteiger charge is 2.36. The number of piperazine rings is 1.